The van der Waals surface area contributed by atoms with Crippen LogP contribution in [0.15, 0.2) is 102 Å². The highest BCUT2D eigenvalue weighted by Gasteiger charge is 2.46. The first-order valence-electron chi connectivity index (χ1n) is 12.2. The largest absolute Gasteiger partial charge is 0.410 e. The molecule has 2 unspecified atom stereocenters. The van der Waals surface area contributed by atoms with E-state index >= 15 is 0 Å². The summed E-state index contributed by atoms with van der Waals surface area (Å²) in [5, 5.41) is 4.50. The molecule has 2 atom stereocenters. The SMILES string of the molecule is CC1CC(O[Si](C)(C)C(C)(C)C)C1=C[Si](c1ccccc1)(c1ccccc1)c1ccccc1. The van der Waals surface area contributed by atoms with Crippen LogP contribution in [0.1, 0.15) is 34.1 Å². The van der Waals surface area contributed by atoms with Crippen molar-refractivity contribution < 1.29 is 4.43 Å². The van der Waals surface area contributed by atoms with Gasteiger partial charge < -0.3 is 4.43 Å². The van der Waals surface area contributed by atoms with Gasteiger partial charge in [-0.15, -0.1) is 0 Å². The molecule has 0 bridgehead atoms. The zero-order valence-corrected chi connectivity index (χ0v) is 23.0. The van der Waals surface area contributed by atoms with Crippen LogP contribution in [0, 0.1) is 5.92 Å². The summed E-state index contributed by atoms with van der Waals surface area (Å²) in [6.07, 6.45) is 1.37. The van der Waals surface area contributed by atoms with Crippen molar-refractivity contribution in [1.82, 2.24) is 0 Å². The molecule has 1 aliphatic carbocycles. The van der Waals surface area contributed by atoms with E-state index in [0.29, 0.717) is 5.92 Å². The highest BCUT2D eigenvalue weighted by Crippen LogP contribution is 2.44. The summed E-state index contributed by atoms with van der Waals surface area (Å²) in [6, 6.07) is 33.5. The summed E-state index contributed by atoms with van der Waals surface area (Å²) in [5.41, 5.74) is 4.18. The second kappa shape index (κ2) is 9.21. The maximum atomic E-state index is 6.97. The van der Waals surface area contributed by atoms with E-state index in [2.05, 4.69) is 137 Å². The molecule has 0 aliphatic heterocycles. The molecule has 4 rings (SSSR count). The molecule has 0 amide bonds. The van der Waals surface area contributed by atoms with Gasteiger partial charge in [-0.05, 0) is 51.6 Å². The summed E-state index contributed by atoms with van der Waals surface area (Å²) in [7, 11) is -4.24. The zero-order chi connectivity index (χ0) is 23.7. The van der Waals surface area contributed by atoms with Crippen LogP contribution in [0.2, 0.25) is 18.1 Å². The quantitative estimate of drug-likeness (QED) is 0.315. The molecule has 3 aromatic carbocycles. The van der Waals surface area contributed by atoms with E-state index in [4.69, 9.17) is 4.43 Å². The molecule has 1 saturated carbocycles. The third-order valence-electron chi connectivity index (χ3n) is 7.82. The molecular weight excluding hydrogens is 433 g/mol. The Morgan fingerprint density at radius 2 is 1.12 bits per heavy atom. The van der Waals surface area contributed by atoms with Gasteiger partial charge in [0, 0.05) is 0 Å². The lowest BCUT2D eigenvalue weighted by Gasteiger charge is -2.47. The Morgan fingerprint density at radius 1 is 0.727 bits per heavy atom. The lowest BCUT2D eigenvalue weighted by molar-refractivity contribution is 0.130. The molecule has 1 nitrogen and oxygen atoms in total. The molecule has 0 spiro atoms. The number of benzene rings is 3. The molecule has 0 aromatic heterocycles. The molecule has 3 heteroatoms. The van der Waals surface area contributed by atoms with Crippen molar-refractivity contribution in [3.05, 3.63) is 102 Å². The minimum atomic E-state index is -2.39. The third kappa shape index (κ3) is 4.59. The molecule has 1 aliphatic rings. The predicted molar refractivity (Wildman–Crippen MR) is 148 cm³/mol. The van der Waals surface area contributed by atoms with Gasteiger partial charge in [-0.3, -0.25) is 0 Å². The van der Waals surface area contributed by atoms with E-state index in [-0.39, 0.29) is 11.1 Å². The van der Waals surface area contributed by atoms with Crippen molar-refractivity contribution in [1.29, 1.82) is 0 Å². The fraction of sp³-hybridized carbons (Fsp3) is 0.333. The van der Waals surface area contributed by atoms with E-state index < -0.39 is 16.4 Å². The zero-order valence-electron chi connectivity index (χ0n) is 21.0. The normalized spacial score (nSPS) is 20.5. The molecule has 0 saturated heterocycles. The predicted octanol–water partition coefficient (Wildman–Crippen LogP) is 6.05. The lowest BCUT2D eigenvalue weighted by atomic mass is 9.79. The van der Waals surface area contributed by atoms with Crippen LogP contribution >= 0.6 is 0 Å². The fourth-order valence-corrected chi connectivity index (χ4v) is 10.7. The first-order valence-corrected chi connectivity index (χ1v) is 17.2. The van der Waals surface area contributed by atoms with Crippen LogP contribution in [-0.2, 0) is 4.43 Å². The second-order valence-corrected chi connectivity index (χ2v) is 19.4. The third-order valence-corrected chi connectivity index (χ3v) is 16.8. The smallest absolute Gasteiger partial charge is 0.192 e. The van der Waals surface area contributed by atoms with E-state index in [1.807, 2.05) is 0 Å². The van der Waals surface area contributed by atoms with Crippen LogP contribution in [0.4, 0.5) is 0 Å². The molecule has 3 aromatic rings. The van der Waals surface area contributed by atoms with Crippen molar-refractivity contribution in [2.45, 2.75) is 58.4 Å². The van der Waals surface area contributed by atoms with Gasteiger partial charge >= 0.3 is 0 Å². The van der Waals surface area contributed by atoms with E-state index in [0.717, 1.165) is 6.42 Å². The summed E-state index contributed by atoms with van der Waals surface area (Å²) < 4.78 is 6.97. The van der Waals surface area contributed by atoms with Gasteiger partial charge in [0.15, 0.2) is 16.4 Å². The van der Waals surface area contributed by atoms with Crippen LogP contribution in [0.5, 0.6) is 0 Å². The van der Waals surface area contributed by atoms with Crippen LogP contribution in [0.25, 0.3) is 0 Å². The van der Waals surface area contributed by atoms with Gasteiger partial charge in [-0.25, -0.2) is 0 Å². The Hall–Kier alpha value is -2.21. The van der Waals surface area contributed by atoms with Gasteiger partial charge in [-0.1, -0.05) is 124 Å². The highest BCUT2D eigenvalue weighted by atomic mass is 28.4. The Bertz CT molecular complexity index is 986. The van der Waals surface area contributed by atoms with E-state index in [9.17, 15) is 0 Å². The topological polar surface area (TPSA) is 9.23 Å². The summed E-state index contributed by atoms with van der Waals surface area (Å²) >= 11 is 0. The molecule has 1 fully saturated rings. The number of rotatable bonds is 6. The fourth-order valence-electron chi connectivity index (χ4n) is 4.74. The molecule has 0 radical (unpaired) electrons. The van der Waals surface area contributed by atoms with E-state index in [1.165, 1.54) is 21.1 Å². The van der Waals surface area contributed by atoms with Gasteiger partial charge in [0.2, 0.25) is 0 Å². The second-order valence-electron chi connectivity index (χ2n) is 11.1. The van der Waals surface area contributed by atoms with Crippen molar-refractivity contribution in [3.63, 3.8) is 0 Å². The first-order chi connectivity index (χ1) is 15.6. The van der Waals surface area contributed by atoms with Crippen LogP contribution in [0.3, 0.4) is 0 Å². The van der Waals surface area contributed by atoms with Crippen molar-refractivity contribution in [2.24, 2.45) is 5.92 Å². The first kappa shape index (κ1) is 23.9. The molecule has 172 valence electrons. The van der Waals surface area contributed by atoms with E-state index in [1.54, 1.807) is 0 Å². The average Bonchev–Trinajstić information content (AvgIpc) is 2.80. The van der Waals surface area contributed by atoms with Crippen molar-refractivity contribution in [2.75, 3.05) is 0 Å². The maximum absolute atomic E-state index is 6.97. The maximum Gasteiger partial charge on any atom is 0.192 e. The minimum absolute atomic E-state index is 0.212. The molecule has 33 heavy (non-hydrogen) atoms. The highest BCUT2D eigenvalue weighted by molar-refractivity contribution is 7.14. The van der Waals surface area contributed by atoms with Gasteiger partial charge in [-0.2, -0.15) is 0 Å². The lowest BCUT2D eigenvalue weighted by Crippen LogP contribution is -2.67. The Morgan fingerprint density at radius 3 is 1.45 bits per heavy atom. The number of hydrogen-bond donors (Lipinski definition) is 0. The van der Waals surface area contributed by atoms with Gasteiger partial charge in [0.1, 0.15) is 0 Å². The summed E-state index contributed by atoms with van der Waals surface area (Å²) in [5.74, 6) is 0.558. The molecule has 0 heterocycles. The monoisotopic (exact) mass is 470 g/mol. The minimum Gasteiger partial charge on any atom is -0.410 e. The van der Waals surface area contributed by atoms with Crippen LogP contribution in [-0.4, -0.2) is 22.5 Å². The van der Waals surface area contributed by atoms with Gasteiger partial charge in [0.05, 0.1) is 6.10 Å². The van der Waals surface area contributed by atoms with Gasteiger partial charge in [0.25, 0.3) is 0 Å². The Balaban J connectivity index is 1.91. The number of hydrogen-bond acceptors (Lipinski definition) is 1. The summed E-state index contributed by atoms with van der Waals surface area (Å²) in [6.45, 7) is 14.1. The Kier molecular flexibility index (Phi) is 6.68. The summed E-state index contributed by atoms with van der Waals surface area (Å²) in [4.78, 5) is 0. The average molecular weight is 471 g/mol. The molecular formula is C30H38OSi2. The molecule has 0 N–H and O–H groups in total. The Labute approximate surface area is 202 Å². The standard InChI is InChI=1S/C30H38OSi2/c1-24-22-29(31-32(5,6)30(2,3)4)28(24)23-33(25-16-10-7-11-17-25,26-18-12-8-13-19-26)27-20-14-9-15-21-27/h7-21,23-24,29H,22H2,1-6H3. The van der Waals surface area contributed by atoms with Crippen molar-refractivity contribution in [3.8, 4) is 0 Å². The van der Waals surface area contributed by atoms with Crippen LogP contribution < -0.4 is 15.6 Å². The van der Waals surface area contributed by atoms with Crippen molar-refractivity contribution >= 4 is 32.0 Å².